The smallest absolute Gasteiger partial charge is 0.164 e. The molecule has 0 saturated heterocycles. The summed E-state index contributed by atoms with van der Waals surface area (Å²) in [5.74, 6) is 1.86. The maximum atomic E-state index is 9.71. The molecule has 0 saturated carbocycles. The van der Waals surface area contributed by atoms with Crippen molar-refractivity contribution in [3.8, 4) is 57.0 Å². The van der Waals surface area contributed by atoms with Crippen LogP contribution in [0.4, 0.5) is 0 Å². The Morgan fingerprint density at radius 3 is 1.57 bits per heavy atom. The highest BCUT2D eigenvalue weighted by Crippen LogP contribution is 2.36. The molecule has 0 spiro atoms. The zero-order chi connectivity index (χ0) is 35.3. The van der Waals surface area contributed by atoms with Gasteiger partial charge in [0, 0.05) is 33.7 Å². The molecule has 10 rings (SSSR count). The lowest BCUT2D eigenvalue weighted by Gasteiger charge is -2.10. The molecule has 3 aromatic heterocycles. The lowest BCUT2D eigenvalue weighted by Crippen LogP contribution is -2.00. The van der Waals surface area contributed by atoms with E-state index in [1.807, 2.05) is 54.7 Å². The molecular formula is C47H28N6. The van der Waals surface area contributed by atoms with Gasteiger partial charge in [-0.3, -0.25) is 4.98 Å². The van der Waals surface area contributed by atoms with Gasteiger partial charge in [-0.15, -0.1) is 0 Å². The number of hydrogen-bond acceptors (Lipinski definition) is 5. The number of pyridine rings is 1. The molecule has 10 aromatic rings. The van der Waals surface area contributed by atoms with Crippen LogP contribution in [0.1, 0.15) is 5.56 Å². The molecule has 0 unspecified atom stereocenters. The highest BCUT2D eigenvalue weighted by Gasteiger charge is 2.16. The number of fused-ring (bicyclic) bond motifs is 5. The van der Waals surface area contributed by atoms with Crippen LogP contribution >= 0.6 is 0 Å². The molecule has 6 nitrogen and oxygen atoms in total. The predicted octanol–water partition coefficient (Wildman–Crippen LogP) is 11.2. The van der Waals surface area contributed by atoms with Crippen LogP contribution < -0.4 is 0 Å². The third-order valence-corrected chi connectivity index (χ3v) is 9.93. The number of nitrogens with zero attached hydrogens (tertiary/aromatic N) is 6. The first-order valence-electron chi connectivity index (χ1n) is 17.4. The van der Waals surface area contributed by atoms with Gasteiger partial charge in [-0.25, -0.2) is 15.0 Å². The topological polar surface area (TPSA) is 80.3 Å². The molecule has 6 heteroatoms. The quantitative estimate of drug-likeness (QED) is 0.181. The zero-order valence-electron chi connectivity index (χ0n) is 28.3. The van der Waals surface area contributed by atoms with Crippen molar-refractivity contribution in [2.75, 3.05) is 0 Å². The Morgan fingerprint density at radius 2 is 0.962 bits per heavy atom. The van der Waals surface area contributed by atoms with E-state index in [1.54, 1.807) is 6.20 Å². The number of rotatable bonds is 5. The van der Waals surface area contributed by atoms with Gasteiger partial charge in [-0.05, 0) is 87.3 Å². The summed E-state index contributed by atoms with van der Waals surface area (Å²) < 4.78 is 2.20. The molecule has 7 aromatic carbocycles. The Kier molecular flexibility index (Phi) is 7.09. The van der Waals surface area contributed by atoms with E-state index in [1.165, 1.54) is 10.8 Å². The van der Waals surface area contributed by atoms with Gasteiger partial charge in [0.25, 0.3) is 0 Å². The molecule has 0 atom stereocenters. The van der Waals surface area contributed by atoms with Crippen molar-refractivity contribution in [1.82, 2.24) is 24.5 Å². The summed E-state index contributed by atoms with van der Waals surface area (Å²) in [4.78, 5) is 19.5. The molecule has 0 N–H and O–H groups in total. The van der Waals surface area contributed by atoms with Crippen molar-refractivity contribution in [1.29, 1.82) is 5.26 Å². The molecular weight excluding hydrogens is 649 g/mol. The maximum absolute atomic E-state index is 9.71. The van der Waals surface area contributed by atoms with Gasteiger partial charge in [0.05, 0.1) is 34.6 Å². The minimum absolute atomic E-state index is 0.608. The highest BCUT2D eigenvalue weighted by molar-refractivity contribution is 6.11. The zero-order valence-corrected chi connectivity index (χ0v) is 28.3. The molecule has 0 aliphatic heterocycles. The van der Waals surface area contributed by atoms with Crippen LogP contribution in [-0.4, -0.2) is 24.5 Å². The number of benzene rings is 7. The van der Waals surface area contributed by atoms with Crippen LogP contribution in [-0.2, 0) is 0 Å². The Labute approximate surface area is 304 Å². The standard InChI is InChI=1S/C47H28N6/c48-28-30-11-21-43-41(24-30)42-27-37(20-22-44(42)53(43)40-10-5-23-49-29-40)33-12-16-34(17-13-33)45-50-46(38-18-14-31-6-1-3-8-35(31)25-38)52-47(51-45)39-19-15-32-7-2-4-9-36(32)26-39/h1-27,29H. The van der Waals surface area contributed by atoms with Crippen LogP contribution in [0.15, 0.2) is 170 Å². The average Bonchev–Trinajstić information content (AvgIpc) is 3.56. The number of nitriles is 1. The third kappa shape index (κ3) is 5.36. The summed E-state index contributed by atoms with van der Waals surface area (Å²) >= 11 is 0. The first kappa shape index (κ1) is 30.3. The first-order chi connectivity index (χ1) is 26.2. The molecule has 0 amide bonds. The molecule has 53 heavy (non-hydrogen) atoms. The van der Waals surface area contributed by atoms with Gasteiger partial charge in [-0.2, -0.15) is 5.26 Å². The highest BCUT2D eigenvalue weighted by atomic mass is 15.0. The van der Waals surface area contributed by atoms with Gasteiger partial charge < -0.3 is 4.57 Å². The fraction of sp³-hybridized carbons (Fsp3) is 0. The second-order valence-electron chi connectivity index (χ2n) is 13.1. The van der Waals surface area contributed by atoms with E-state index in [9.17, 15) is 5.26 Å². The van der Waals surface area contributed by atoms with E-state index in [4.69, 9.17) is 15.0 Å². The van der Waals surface area contributed by atoms with Crippen molar-refractivity contribution in [3.05, 3.63) is 176 Å². The molecule has 0 radical (unpaired) electrons. The van der Waals surface area contributed by atoms with Crippen LogP contribution in [0.25, 0.3) is 94.3 Å². The molecule has 0 bridgehead atoms. The molecule has 0 fully saturated rings. The van der Waals surface area contributed by atoms with Gasteiger partial charge in [0.15, 0.2) is 17.5 Å². The molecule has 0 aliphatic carbocycles. The molecule has 246 valence electrons. The lowest BCUT2D eigenvalue weighted by atomic mass is 10.0. The van der Waals surface area contributed by atoms with Crippen molar-refractivity contribution in [3.63, 3.8) is 0 Å². The van der Waals surface area contributed by atoms with E-state index in [0.717, 1.165) is 66.1 Å². The van der Waals surface area contributed by atoms with E-state index in [2.05, 4.69) is 125 Å². The second kappa shape index (κ2) is 12.4. The Hall–Kier alpha value is -7.49. The largest absolute Gasteiger partial charge is 0.308 e. The van der Waals surface area contributed by atoms with Gasteiger partial charge in [0.2, 0.25) is 0 Å². The normalized spacial score (nSPS) is 11.4. The van der Waals surface area contributed by atoms with Crippen molar-refractivity contribution in [2.45, 2.75) is 0 Å². The van der Waals surface area contributed by atoms with Crippen molar-refractivity contribution >= 4 is 43.4 Å². The minimum atomic E-state index is 0.608. The Balaban J connectivity index is 1.08. The SMILES string of the molecule is N#Cc1ccc2c(c1)c1cc(-c3ccc(-c4nc(-c5ccc6ccccc6c5)nc(-c5ccc6ccccc6c5)n4)cc3)ccc1n2-c1cccnc1. The fourth-order valence-electron chi connectivity index (χ4n) is 7.27. The molecule has 3 heterocycles. The summed E-state index contributed by atoms with van der Waals surface area (Å²) in [7, 11) is 0. The minimum Gasteiger partial charge on any atom is -0.308 e. The van der Waals surface area contributed by atoms with Gasteiger partial charge in [-0.1, -0.05) is 103 Å². The first-order valence-corrected chi connectivity index (χ1v) is 17.4. The van der Waals surface area contributed by atoms with Crippen molar-refractivity contribution in [2.24, 2.45) is 0 Å². The lowest BCUT2D eigenvalue weighted by molar-refractivity contribution is 1.08. The summed E-state index contributed by atoms with van der Waals surface area (Å²) in [6, 6.07) is 56.4. The molecule has 0 aliphatic rings. The van der Waals surface area contributed by atoms with E-state index in [-0.39, 0.29) is 0 Å². The van der Waals surface area contributed by atoms with Crippen molar-refractivity contribution < 1.29 is 0 Å². The van der Waals surface area contributed by atoms with Crippen LogP contribution in [0.2, 0.25) is 0 Å². The summed E-state index contributed by atoms with van der Waals surface area (Å²) in [6.07, 6.45) is 3.64. The number of aromatic nitrogens is 5. The van der Waals surface area contributed by atoms with Gasteiger partial charge >= 0.3 is 0 Å². The van der Waals surface area contributed by atoms with Crippen LogP contribution in [0.5, 0.6) is 0 Å². The van der Waals surface area contributed by atoms with Gasteiger partial charge in [0.1, 0.15) is 0 Å². The van der Waals surface area contributed by atoms with Crippen LogP contribution in [0.3, 0.4) is 0 Å². The summed E-state index contributed by atoms with van der Waals surface area (Å²) in [5, 5.41) is 16.4. The number of hydrogen-bond donors (Lipinski definition) is 0. The fourth-order valence-corrected chi connectivity index (χ4v) is 7.27. The van der Waals surface area contributed by atoms with E-state index >= 15 is 0 Å². The predicted molar refractivity (Wildman–Crippen MR) is 213 cm³/mol. The summed E-state index contributed by atoms with van der Waals surface area (Å²) in [6.45, 7) is 0. The maximum Gasteiger partial charge on any atom is 0.164 e. The van der Waals surface area contributed by atoms with Crippen LogP contribution in [0, 0.1) is 11.3 Å². The monoisotopic (exact) mass is 676 g/mol. The third-order valence-electron chi connectivity index (χ3n) is 9.93. The van der Waals surface area contributed by atoms with E-state index in [0.29, 0.717) is 23.0 Å². The summed E-state index contributed by atoms with van der Waals surface area (Å²) in [5.41, 5.74) is 8.57. The Morgan fingerprint density at radius 1 is 0.434 bits per heavy atom. The van der Waals surface area contributed by atoms with E-state index < -0.39 is 0 Å². The average molecular weight is 677 g/mol. The second-order valence-corrected chi connectivity index (χ2v) is 13.1. The Bertz CT molecular complexity index is 2970.